The molecule has 6 rings (SSSR count). The summed E-state index contributed by atoms with van der Waals surface area (Å²) < 4.78 is 12.2. The summed E-state index contributed by atoms with van der Waals surface area (Å²) in [6, 6.07) is 13.8. The van der Waals surface area contributed by atoms with Gasteiger partial charge in [-0.3, -0.25) is 9.80 Å². The number of aliphatic hydroxyl groups is 2. The second kappa shape index (κ2) is 9.22. The Morgan fingerprint density at radius 1 is 0.842 bits per heavy atom. The Hall–Kier alpha value is -2.12. The molecule has 38 heavy (non-hydrogen) atoms. The number of aliphatic hydroxyl groups excluding tert-OH is 2. The molecular weight excluding hydrogens is 476 g/mol. The molecule has 2 fully saturated rings. The quantitative estimate of drug-likeness (QED) is 0.566. The van der Waals surface area contributed by atoms with Crippen LogP contribution in [0.5, 0.6) is 11.5 Å². The maximum atomic E-state index is 9.97. The maximum Gasteiger partial charge on any atom is 0.142 e. The first-order valence-electron chi connectivity index (χ1n) is 14.3. The van der Waals surface area contributed by atoms with Crippen molar-refractivity contribution in [1.29, 1.82) is 0 Å². The van der Waals surface area contributed by atoms with Gasteiger partial charge in [-0.25, -0.2) is 0 Å². The molecule has 2 heterocycles. The van der Waals surface area contributed by atoms with E-state index in [2.05, 4.69) is 67.0 Å². The molecule has 0 saturated heterocycles. The van der Waals surface area contributed by atoms with Crippen molar-refractivity contribution in [2.24, 2.45) is 16.7 Å². The largest absolute Gasteiger partial charge is 0.478 e. The highest BCUT2D eigenvalue weighted by Crippen LogP contribution is 2.74. The van der Waals surface area contributed by atoms with Gasteiger partial charge in [0.1, 0.15) is 25.0 Å². The molecule has 0 aromatic heterocycles. The number of ether oxygens (including phenoxy) is 2. The molecule has 2 bridgehead atoms. The van der Waals surface area contributed by atoms with Crippen LogP contribution in [0.1, 0.15) is 76.1 Å². The summed E-state index contributed by atoms with van der Waals surface area (Å²) in [7, 11) is 0. The molecule has 0 spiro atoms. The van der Waals surface area contributed by atoms with Crippen molar-refractivity contribution in [2.75, 3.05) is 26.6 Å². The Bertz CT molecular complexity index is 1130. The van der Waals surface area contributed by atoms with E-state index < -0.39 is 0 Å². The summed E-state index contributed by atoms with van der Waals surface area (Å²) >= 11 is 0. The van der Waals surface area contributed by atoms with E-state index in [0.29, 0.717) is 32.5 Å². The van der Waals surface area contributed by atoms with E-state index >= 15 is 0 Å². The molecular formula is C32H44N2O4. The molecule has 4 atom stereocenters. The third-order valence-electron chi connectivity index (χ3n) is 10.5. The monoisotopic (exact) mass is 520 g/mol. The van der Waals surface area contributed by atoms with E-state index in [4.69, 9.17) is 9.47 Å². The van der Waals surface area contributed by atoms with E-state index in [-0.39, 0.29) is 28.5 Å². The number of hydrogen-bond acceptors (Lipinski definition) is 6. The highest BCUT2D eigenvalue weighted by atomic mass is 16.5. The van der Waals surface area contributed by atoms with E-state index in [0.717, 1.165) is 31.0 Å². The van der Waals surface area contributed by atoms with Crippen LogP contribution in [0.3, 0.4) is 0 Å². The number of benzene rings is 2. The second-order valence-corrected chi connectivity index (χ2v) is 13.4. The fraction of sp³-hybridized carbons (Fsp3) is 0.625. The van der Waals surface area contributed by atoms with Gasteiger partial charge < -0.3 is 19.7 Å². The van der Waals surface area contributed by atoms with E-state index in [9.17, 15) is 10.2 Å². The van der Waals surface area contributed by atoms with Crippen molar-refractivity contribution in [3.63, 3.8) is 0 Å². The van der Waals surface area contributed by atoms with Crippen LogP contribution in [0.2, 0.25) is 0 Å². The Balaban J connectivity index is 1.44. The van der Waals surface area contributed by atoms with Gasteiger partial charge in [0.25, 0.3) is 0 Å². The zero-order valence-electron chi connectivity index (χ0n) is 23.7. The minimum atomic E-state index is -0.382. The Morgan fingerprint density at radius 3 is 1.74 bits per heavy atom. The number of hydrogen-bond donors (Lipinski definition) is 2. The van der Waals surface area contributed by atoms with Crippen LogP contribution in [0.15, 0.2) is 36.4 Å². The van der Waals surface area contributed by atoms with Crippen LogP contribution in [0.25, 0.3) is 0 Å². The highest BCUT2D eigenvalue weighted by molar-refractivity contribution is 5.52. The number of nitrogens with zero attached hydrogens (tertiary/aromatic N) is 2. The first kappa shape index (κ1) is 26.1. The normalized spacial score (nSPS) is 31.7. The number of β-amino-alcohol motifs (C(OH)–C–C–N with tert-alkyl or cyclic N) is 2. The molecule has 2 aliphatic carbocycles. The van der Waals surface area contributed by atoms with Crippen LogP contribution < -0.4 is 9.47 Å². The predicted octanol–water partition coefficient (Wildman–Crippen LogP) is 4.88. The van der Waals surface area contributed by atoms with Crippen molar-refractivity contribution in [1.82, 2.24) is 9.80 Å². The summed E-state index contributed by atoms with van der Waals surface area (Å²) in [6.45, 7) is 15.0. The molecule has 2 aromatic carbocycles. The van der Waals surface area contributed by atoms with Crippen LogP contribution >= 0.6 is 0 Å². The maximum absolute atomic E-state index is 9.97. The molecule has 6 heteroatoms. The van der Waals surface area contributed by atoms with Crippen LogP contribution in [-0.2, 0) is 18.5 Å². The van der Waals surface area contributed by atoms with Gasteiger partial charge in [-0.2, -0.15) is 0 Å². The first-order valence-corrected chi connectivity index (χ1v) is 14.3. The molecule has 2 aliphatic heterocycles. The van der Waals surface area contributed by atoms with Crippen molar-refractivity contribution < 1.29 is 19.7 Å². The van der Waals surface area contributed by atoms with Crippen molar-refractivity contribution in [3.8, 4) is 11.5 Å². The number of fused-ring (bicyclic) bond motifs is 4. The lowest BCUT2D eigenvalue weighted by Gasteiger charge is -2.43. The predicted molar refractivity (Wildman–Crippen MR) is 148 cm³/mol. The SMILES string of the molecule is CC(O)CN1COc2ccc(C3(c4ccc5c(c4)CN(CC(C)O)CO5)CC4(C)CCC3C4(C)C)cc2C1. The summed E-state index contributed by atoms with van der Waals surface area (Å²) in [5.41, 5.74) is 5.61. The van der Waals surface area contributed by atoms with Crippen LogP contribution in [0, 0.1) is 16.7 Å². The van der Waals surface area contributed by atoms with Gasteiger partial charge in [0.15, 0.2) is 0 Å². The number of rotatable bonds is 6. The van der Waals surface area contributed by atoms with Gasteiger partial charge >= 0.3 is 0 Å². The average Bonchev–Trinajstić information content (AvgIpc) is 3.20. The molecule has 6 nitrogen and oxygen atoms in total. The topological polar surface area (TPSA) is 65.4 Å². The fourth-order valence-corrected chi connectivity index (χ4v) is 8.38. The third kappa shape index (κ3) is 4.07. The van der Waals surface area contributed by atoms with E-state index in [1.165, 1.54) is 35.1 Å². The van der Waals surface area contributed by atoms with Gasteiger partial charge in [0.2, 0.25) is 0 Å². The lowest BCUT2D eigenvalue weighted by molar-refractivity contribution is 0.0499. The zero-order chi connectivity index (χ0) is 26.9. The molecule has 0 radical (unpaired) electrons. The first-order chi connectivity index (χ1) is 18.0. The van der Waals surface area contributed by atoms with Crippen molar-refractivity contribution in [2.45, 2.75) is 84.6 Å². The van der Waals surface area contributed by atoms with Gasteiger partial charge in [0, 0.05) is 42.7 Å². The lowest BCUT2D eigenvalue weighted by Crippen LogP contribution is -2.39. The van der Waals surface area contributed by atoms with Gasteiger partial charge in [-0.05, 0) is 85.3 Å². The molecule has 4 unspecified atom stereocenters. The molecule has 0 amide bonds. The Morgan fingerprint density at radius 2 is 1.34 bits per heavy atom. The zero-order valence-corrected chi connectivity index (χ0v) is 23.7. The second-order valence-electron chi connectivity index (χ2n) is 13.4. The Labute approximate surface area is 227 Å². The van der Waals surface area contributed by atoms with Crippen LogP contribution in [0.4, 0.5) is 0 Å². The molecule has 2 saturated carbocycles. The van der Waals surface area contributed by atoms with Gasteiger partial charge in [0.05, 0.1) is 12.2 Å². The summed E-state index contributed by atoms with van der Waals surface area (Å²) in [5, 5.41) is 19.9. The van der Waals surface area contributed by atoms with Crippen LogP contribution in [-0.4, -0.2) is 58.8 Å². The molecule has 206 valence electrons. The minimum Gasteiger partial charge on any atom is -0.478 e. The van der Waals surface area contributed by atoms with E-state index in [1.807, 2.05) is 13.8 Å². The molecule has 2 N–H and O–H groups in total. The van der Waals surface area contributed by atoms with Crippen molar-refractivity contribution in [3.05, 3.63) is 58.7 Å². The fourth-order valence-electron chi connectivity index (χ4n) is 8.38. The summed E-state index contributed by atoms with van der Waals surface area (Å²) in [4.78, 5) is 4.37. The van der Waals surface area contributed by atoms with E-state index in [1.54, 1.807) is 0 Å². The lowest BCUT2D eigenvalue weighted by atomic mass is 9.61. The smallest absolute Gasteiger partial charge is 0.142 e. The highest BCUT2D eigenvalue weighted by Gasteiger charge is 2.67. The standard InChI is InChI=1S/C32H44N2O4/c1-21(35)14-33-16-23-12-25(6-8-27(23)37-19-33)32(18-31(5)11-10-29(32)30(31,3)4)26-7-9-28-24(13-26)17-34(20-38-28)15-22(2)36/h6-9,12-13,21-22,29,35-36H,10-11,14-20H2,1-5H3. The molecule has 4 aliphatic rings. The molecule has 2 aromatic rings. The van der Waals surface area contributed by atoms with Gasteiger partial charge in [-0.15, -0.1) is 0 Å². The minimum absolute atomic E-state index is 0.0837. The Kier molecular flexibility index (Phi) is 6.34. The van der Waals surface area contributed by atoms with Crippen molar-refractivity contribution >= 4 is 0 Å². The summed E-state index contributed by atoms with van der Waals surface area (Å²) in [6.07, 6.45) is 2.87. The average molecular weight is 521 g/mol. The third-order valence-corrected chi connectivity index (χ3v) is 10.5. The van der Waals surface area contributed by atoms with Gasteiger partial charge in [-0.1, -0.05) is 32.9 Å². The summed E-state index contributed by atoms with van der Waals surface area (Å²) in [5.74, 6) is 2.46.